The van der Waals surface area contributed by atoms with Gasteiger partial charge in [-0.1, -0.05) is 44.0 Å². The monoisotopic (exact) mass is 302 g/mol. The normalized spacial score (nSPS) is 19.7. The average molecular weight is 303 g/mol. The van der Waals surface area contributed by atoms with Gasteiger partial charge in [0.2, 0.25) is 0 Å². The van der Waals surface area contributed by atoms with Crippen LogP contribution in [0.4, 0.5) is 5.82 Å². The van der Waals surface area contributed by atoms with Crippen molar-refractivity contribution >= 4 is 28.2 Å². The lowest BCUT2D eigenvalue weighted by Gasteiger charge is -2.31. The molecule has 0 saturated carbocycles. The number of aromatic nitrogens is 1. The van der Waals surface area contributed by atoms with Gasteiger partial charge in [-0.15, -0.1) is 11.6 Å². The maximum absolute atomic E-state index is 6.07. The number of hydrogen-bond acceptors (Lipinski definition) is 2. The van der Waals surface area contributed by atoms with Gasteiger partial charge >= 0.3 is 0 Å². The zero-order chi connectivity index (χ0) is 14.7. The third-order valence-electron chi connectivity index (χ3n) is 4.62. The molecule has 0 aliphatic carbocycles. The summed E-state index contributed by atoms with van der Waals surface area (Å²) in [4.78, 5) is 7.32. The van der Waals surface area contributed by atoms with E-state index in [2.05, 4.69) is 36.1 Å². The molecule has 3 rings (SSSR count). The minimum Gasteiger partial charge on any atom is -0.353 e. The predicted octanol–water partition coefficient (Wildman–Crippen LogP) is 5.13. The summed E-state index contributed by atoms with van der Waals surface area (Å²) in [6.45, 7) is 3.41. The molecule has 1 atom stereocenters. The Labute approximate surface area is 132 Å². The van der Waals surface area contributed by atoms with Gasteiger partial charge in [0.15, 0.2) is 0 Å². The first-order valence-electron chi connectivity index (χ1n) is 8.04. The van der Waals surface area contributed by atoms with Crippen molar-refractivity contribution in [3.8, 4) is 0 Å². The fourth-order valence-corrected chi connectivity index (χ4v) is 3.67. The van der Waals surface area contributed by atoms with E-state index in [1.165, 1.54) is 42.9 Å². The van der Waals surface area contributed by atoms with Crippen molar-refractivity contribution in [1.29, 1.82) is 0 Å². The summed E-state index contributed by atoms with van der Waals surface area (Å²) < 4.78 is 0. The summed E-state index contributed by atoms with van der Waals surface area (Å²) in [5.74, 6) is 1.67. The highest BCUT2D eigenvalue weighted by atomic mass is 35.5. The predicted molar refractivity (Wildman–Crippen MR) is 91.2 cm³/mol. The number of pyridine rings is 1. The van der Waals surface area contributed by atoms with Gasteiger partial charge in [-0.05, 0) is 30.2 Å². The van der Waals surface area contributed by atoms with Crippen LogP contribution in [-0.4, -0.2) is 17.6 Å². The molecule has 1 aliphatic heterocycles. The van der Waals surface area contributed by atoms with E-state index in [0.717, 1.165) is 17.9 Å². The van der Waals surface area contributed by atoms with Crippen LogP contribution in [0.5, 0.6) is 0 Å². The van der Waals surface area contributed by atoms with Crippen molar-refractivity contribution in [3.63, 3.8) is 0 Å². The van der Waals surface area contributed by atoms with Crippen LogP contribution in [0.3, 0.4) is 0 Å². The SMILES string of the molecule is CCC1CCCCCN1c1ncc(CCl)c2ccccc12. The highest BCUT2D eigenvalue weighted by Crippen LogP contribution is 2.32. The largest absolute Gasteiger partial charge is 0.353 e. The Balaban J connectivity index is 2.10. The number of halogens is 1. The maximum atomic E-state index is 6.07. The van der Waals surface area contributed by atoms with Crippen molar-refractivity contribution < 1.29 is 0 Å². The van der Waals surface area contributed by atoms with Gasteiger partial charge in [-0.2, -0.15) is 0 Å². The van der Waals surface area contributed by atoms with Crippen LogP contribution in [0.25, 0.3) is 10.8 Å². The van der Waals surface area contributed by atoms with Crippen LogP contribution in [-0.2, 0) is 5.88 Å². The van der Waals surface area contributed by atoms with Crippen molar-refractivity contribution in [2.75, 3.05) is 11.4 Å². The molecule has 21 heavy (non-hydrogen) atoms. The van der Waals surface area contributed by atoms with E-state index in [1.54, 1.807) is 0 Å². The van der Waals surface area contributed by atoms with E-state index in [1.807, 2.05) is 6.20 Å². The standard InChI is InChI=1S/C18H23ClN2/c1-2-15-8-4-3-7-11-21(15)18-17-10-6-5-9-16(17)14(12-19)13-20-18/h5-6,9-10,13,15H,2-4,7-8,11-12H2,1H3. The number of hydrogen-bond donors (Lipinski definition) is 0. The smallest absolute Gasteiger partial charge is 0.136 e. The quantitative estimate of drug-likeness (QED) is 0.730. The maximum Gasteiger partial charge on any atom is 0.136 e. The lowest BCUT2D eigenvalue weighted by molar-refractivity contribution is 0.553. The molecule has 0 radical (unpaired) electrons. The number of alkyl halides is 1. The Morgan fingerprint density at radius 2 is 2.00 bits per heavy atom. The number of benzene rings is 1. The summed E-state index contributed by atoms with van der Waals surface area (Å²) >= 11 is 6.07. The number of fused-ring (bicyclic) bond motifs is 1. The van der Waals surface area contributed by atoms with Crippen molar-refractivity contribution in [1.82, 2.24) is 4.98 Å². The van der Waals surface area contributed by atoms with Crippen LogP contribution in [0.2, 0.25) is 0 Å². The van der Waals surface area contributed by atoms with Crippen LogP contribution < -0.4 is 4.90 Å². The summed E-state index contributed by atoms with van der Waals surface area (Å²) in [5, 5.41) is 2.49. The number of rotatable bonds is 3. The Bertz CT molecular complexity index is 611. The molecule has 0 bridgehead atoms. The molecule has 0 amide bonds. The Kier molecular flexibility index (Phi) is 4.64. The van der Waals surface area contributed by atoms with Crippen molar-refractivity contribution in [2.45, 2.75) is 50.9 Å². The second kappa shape index (κ2) is 6.65. The summed E-state index contributed by atoms with van der Waals surface area (Å²) in [7, 11) is 0. The van der Waals surface area contributed by atoms with Gasteiger partial charge < -0.3 is 4.90 Å². The van der Waals surface area contributed by atoms with Gasteiger partial charge in [0, 0.05) is 30.0 Å². The van der Waals surface area contributed by atoms with E-state index >= 15 is 0 Å². The fraction of sp³-hybridized carbons (Fsp3) is 0.500. The minimum atomic E-state index is 0.519. The van der Waals surface area contributed by atoms with Crippen molar-refractivity contribution in [3.05, 3.63) is 36.0 Å². The van der Waals surface area contributed by atoms with E-state index in [-0.39, 0.29) is 0 Å². The zero-order valence-corrected chi connectivity index (χ0v) is 13.4. The first kappa shape index (κ1) is 14.6. The second-order valence-electron chi connectivity index (χ2n) is 5.89. The third kappa shape index (κ3) is 2.87. The summed E-state index contributed by atoms with van der Waals surface area (Å²) in [6.07, 6.45) is 8.38. The van der Waals surface area contributed by atoms with Gasteiger partial charge in [0.25, 0.3) is 0 Å². The molecule has 0 spiro atoms. The molecule has 2 heterocycles. The summed E-state index contributed by atoms with van der Waals surface area (Å²) in [5.41, 5.74) is 1.12. The molecule has 2 aromatic rings. The van der Waals surface area contributed by atoms with Crippen LogP contribution in [0, 0.1) is 0 Å². The molecule has 1 aromatic heterocycles. The highest BCUT2D eigenvalue weighted by molar-refractivity contribution is 6.18. The molecule has 1 fully saturated rings. The lowest BCUT2D eigenvalue weighted by Crippen LogP contribution is -2.35. The van der Waals surface area contributed by atoms with E-state index in [0.29, 0.717) is 11.9 Å². The molecule has 0 N–H and O–H groups in total. The average Bonchev–Trinajstić information content (AvgIpc) is 2.79. The zero-order valence-electron chi connectivity index (χ0n) is 12.7. The van der Waals surface area contributed by atoms with Crippen molar-refractivity contribution in [2.24, 2.45) is 0 Å². The molecule has 112 valence electrons. The van der Waals surface area contributed by atoms with Gasteiger partial charge in [-0.3, -0.25) is 0 Å². The van der Waals surface area contributed by atoms with E-state index in [4.69, 9.17) is 16.6 Å². The molecule has 1 unspecified atom stereocenters. The second-order valence-corrected chi connectivity index (χ2v) is 6.16. The Hall–Kier alpha value is -1.28. The topological polar surface area (TPSA) is 16.1 Å². The fourth-order valence-electron chi connectivity index (χ4n) is 3.45. The van der Waals surface area contributed by atoms with Crippen LogP contribution in [0.15, 0.2) is 30.5 Å². The third-order valence-corrected chi connectivity index (χ3v) is 4.91. The summed E-state index contributed by atoms with van der Waals surface area (Å²) in [6, 6.07) is 9.15. The first-order chi connectivity index (χ1) is 10.3. The Morgan fingerprint density at radius 3 is 2.76 bits per heavy atom. The Morgan fingerprint density at radius 1 is 1.19 bits per heavy atom. The number of nitrogens with zero attached hydrogens (tertiary/aromatic N) is 2. The van der Waals surface area contributed by atoms with Gasteiger partial charge in [0.1, 0.15) is 5.82 Å². The molecule has 1 aliphatic rings. The molecular formula is C18H23ClN2. The molecule has 3 heteroatoms. The highest BCUT2D eigenvalue weighted by Gasteiger charge is 2.22. The van der Waals surface area contributed by atoms with E-state index in [9.17, 15) is 0 Å². The van der Waals surface area contributed by atoms with Crippen LogP contribution >= 0.6 is 11.6 Å². The van der Waals surface area contributed by atoms with Crippen LogP contribution in [0.1, 0.15) is 44.6 Å². The number of anilines is 1. The van der Waals surface area contributed by atoms with Gasteiger partial charge in [0.05, 0.1) is 0 Å². The lowest BCUT2D eigenvalue weighted by atomic mass is 10.0. The molecule has 1 aromatic carbocycles. The first-order valence-corrected chi connectivity index (χ1v) is 8.57. The minimum absolute atomic E-state index is 0.519. The molecular weight excluding hydrogens is 280 g/mol. The molecule has 2 nitrogen and oxygen atoms in total. The van der Waals surface area contributed by atoms with Gasteiger partial charge in [-0.25, -0.2) is 4.98 Å². The molecule has 1 saturated heterocycles. The van der Waals surface area contributed by atoms with E-state index < -0.39 is 0 Å².